The van der Waals surface area contributed by atoms with Gasteiger partial charge in [0, 0.05) is 36.6 Å². The molecule has 3 rings (SSSR count). The first-order valence-electron chi connectivity index (χ1n) is 8.91. The predicted molar refractivity (Wildman–Crippen MR) is 108 cm³/mol. The van der Waals surface area contributed by atoms with Crippen LogP contribution in [-0.2, 0) is 17.8 Å². The van der Waals surface area contributed by atoms with Gasteiger partial charge in [0.2, 0.25) is 5.91 Å². The minimum Gasteiger partial charge on any atom is -0.337 e. The molecule has 0 unspecified atom stereocenters. The lowest BCUT2D eigenvalue weighted by Crippen LogP contribution is -2.33. The molecule has 0 saturated heterocycles. The number of aryl methyl sites for hydroxylation is 1. The van der Waals surface area contributed by atoms with E-state index >= 15 is 0 Å². The molecule has 0 spiro atoms. The van der Waals surface area contributed by atoms with Crippen molar-refractivity contribution in [3.05, 3.63) is 83.7 Å². The van der Waals surface area contributed by atoms with Crippen molar-refractivity contribution in [1.82, 2.24) is 14.9 Å². The number of benzene rings is 2. The number of carbonyl (C=O) groups excluding carboxylic acids is 1. The Kier molecular flexibility index (Phi) is 6.55. The Morgan fingerprint density at radius 1 is 1.00 bits per heavy atom. The molecule has 0 fully saturated rings. The topological polar surface area (TPSA) is 46.1 Å². The molecule has 0 aliphatic carbocycles. The van der Waals surface area contributed by atoms with Gasteiger partial charge in [0.05, 0.1) is 0 Å². The minimum atomic E-state index is -0.0866. The van der Waals surface area contributed by atoms with E-state index in [0.717, 1.165) is 17.5 Å². The normalized spacial score (nSPS) is 10.6. The second-order valence-electron chi connectivity index (χ2n) is 6.47. The number of halogens is 1. The number of aromatic nitrogens is 2. The average molecular weight is 380 g/mol. The van der Waals surface area contributed by atoms with E-state index in [-0.39, 0.29) is 11.8 Å². The van der Waals surface area contributed by atoms with Gasteiger partial charge >= 0.3 is 0 Å². The van der Waals surface area contributed by atoms with Gasteiger partial charge in [-0.1, -0.05) is 60.2 Å². The van der Waals surface area contributed by atoms with E-state index in [4.69, 9.17) is 11.6 Å². The van der Waals surface area contributed by atoms with Crippen molar-refractivity contribution in [2.45, 2.75) is 19.9 Å². The molecular weight excluding hydrogens is 358 g/mol. The van der Waals surface area contributed by atoms with Crippen LogP contribution in [0.3, 0.4) is 0 Å². The summed E-state index contributed by atoms with van der Waals surface area (Å²) in [5.74, 6) is 0.558. The third kappa shape index (κ3) is 5.38. The maximum atomic E-state index is 12.2. The molecule has 1 amide bonds. The molecule has 0 aliphatic heterocycles. The first-order valence-corrected chi connectivity index (χ1v) is 9.45. The van der Waals surface area contributed by atoms with E-state index in [1.165, 1.54) is 11.1 Å². The van der Waals surface area contributed by atoms with Gasteiger partial charge < -0.3 is 4.90 Å². The third-order valence-electron chi connectivity index (χ3n) is 4.33. The Balaban J connectivity index is 1.68. The fourth-order valence-electron chi connectivity index (χ4n) is 2.90. The molecule has 0 saturated carbocycles. The summed E-state index contributed by atoms with van der Waals surface area (Å²) in [5, 5.41) is 0. The van der Waals surface area contributed by atoms with E-state index < -0.39 is 0 Å². The number of nitrogens with zero attached hydrogens (tertiary/aromatic N) is 3. The number of carbonyl (C=O) groups is 1. The molecule has 0 aliphatic rings. The van der Waals surface area contributed by atoms with Crippen molar-refractivity contribution >= 4 is 17.5 Å². The van der Waals surface area contributed by atoms with E-state index in [2.05, 4.69) is 35.1 Å². The Hall–Kier alpha value is -2.72. The van der Waals surface area contributed by atoms with Gasteiger partial charge in [-0.05, 0) is 18.9 Å². The molecule has 0 atom stereocenters. The highest BCUT2D eigenvalue weighted by Crippen LogP contribution is 2.14. The van der Waals surface area contributed by atoms with Crippen molar-refractivity contribution in [2.24, 2.45) is 0 Å². The fraction of sp³-hybridized carbons (Fsp3) is 0.227. The Morgan fingerprint density at radius 3 is 2.41 bits per heavy atom. The molecule has 27 heavy (non-hydrogen) atoms. The zero-order chi connectivity index (χ0) is 19.1. The van der Waals surface area contributed by atoms with Crippen molar-refractivity contribution in [2.75, 3.05) is 12.4 Å². The highest BCUT2D eigenvalue weighted by Gasteiger charge is 2.14. The van der Waals surface area contributed by atoms with Crippen LogP contribution < -0.4 is 0 Å². The monoisotopic (exact) mass is 379 g/mol. The summed E-state index contributed by atoms with van der Waals surface area (Å²) in [5.41, 5.74) is 4.28. The molecule has 0 radical (unpaired) electrons. The zero-order valence-electron chi connectivity index (χ0n) is 15.3. The molecule has 5 heteroatoms. The molecular formula is C22H22ClN3O. The number of amides is 1. The summed E-state index contributed by atoms with van der Waals surface area (Å²) >= 11 is 5.80. The number of hydrogen-bond donors (Lipinski definition) is 0. The van der Waals surface area contributed by atoms with Gasteiger partial charge in [-0.2, -0.15) is 0 Å². The lowest BCUT2D eigenvalue weighted by molar-refractivity contribution is -0.129. The number of hydrogen-bond acceptors (Lipinski definition) is 3. The van der Waals surface area contributed by atoms with Gasteiger partial charge in [0.25, 0.3) is 0 Å². The van der Waals surface area contributed by atoms with Crippen LogP contribution in [0.15, 0.2) is 67.0 Å². The highest BCUT2D eigenvalue weighted by atomic mass is 35.5. The van der Waals surface area contributed by atoms with Crippen molar-refractivity contribution in [1.29, 1.82) is 0 Å². The number of alkyl halides is 1. The van der Waals surface area contributed by atoms with Crippen LogP contribution in [0.25, 0.3) is 11.4 Å². The fourth-order valence-corrected chi connectivity index (χ4v) is 3.07. The van der Waals surface area contributed by atoms with E-state index in [1.54, 1.807) is 17.3 Å². The van der Waals surface area contributed by atoms with Crippen LogP contribution in [0.2, 0.25) is 0 Å². The summed E-state index contributed by atoms with van der Waals surface area (Å²) in [6.07, 6.45) is 4.33. The van der Waals surface area contributed by atoms with Crippen molar-refractivity contribution < 1.29 is 4.79 Å². The molecule has 1 heterocycles. The van der Waals surface area contributed by atoms with Gasteiger partial charge in [0.1, 0.15) is 5.88 Å². The van der Waals surface area contributed by atoms with Crippen LogP contribution in [0.5, 0.6) is 0 Å². The van der Waals surface area contributed by atoms with Crippen molar-refractivity contribution in [3.8, 4) is 11.4 Å². The second kappa shape index (κ2) is 9.28. The van der Waals surface area contributed by atoms with Crippen LogP contribution in [-0.4, -0.2) is 33.2 Å². The predicted octanol–water partition coefficient (Wildman–Crippen LogP) is 4.26. The molecule has 1 aromatic heterocycles. The second-order valence-corrected chi connectivity index (χ2v) is 6.74. The summed E-state index contributed by atoms with van der Waals surface area (Å²) in [4.78, 5) is 22.9. The summed E-state index contributed by atoms with van der Waals surface area (Å²) in [6.45, 7) is 3.12. The summed E-state index contributed by atoms with van der Waals surface area (Å²) < 4.78 is 0. The lowest BCUT2D eigenvalue weighted by Gasteiger charge is -2.22. The van der Waals surface area contributed by atoms with Crippen LogP contribution in [0.1, 0.15) is 16.7 Å². The van der Waals surface area contributed by atoms with E-state index in [9.17, 15) is 4.79 Å². The van der Waals surface area contributed by atoms with Gasteiger partial charge in [-0.15, -0.1) is 11.6 Å². The molecule has 138 valence electrons. The van der Waals surface area contributed by atoms with Crippen molar-refractivity contribution in [3.63, 3.8) is 0 Å². The summed E-state index contributed by atoms with van der Waals surface area (Å²) in [6, 6.07) is 18.1. The van der Waals surface area contributed by atoms with Crippen LogP contribution >= 0.6 is 11.6 Å². The van der Waals surface area contributed by atoms with E-state index in [0.29, 0.717) is 18.9 Å². The molecule has 0 N–H and O–H groups in total. The van der Waals surface area contributed by atoms with Crippen LogP contribution in [0.4, 0.5) is 0 Å². The largest absolute Gasteiger partial charge is 0.337 e. The maximum absolute atomic E-state index is 12.2. The van der Waals surface area contributed by atoms with E-state index in [1.807, 2.05) is 36.4 Å². The minimum absolute atomic E-state index is 0.0310. The Morgan fingerprint density at radius 2 is 1.74 bits per heavy atom. The summed E-state index contributed by atoms with van der Waals surface area (Å²) in [7, 11) is 0. The Bertz CT molecular complexity index is 882. The molecule has 0 bridgehead atoms. The smallest absolute Gasteiger partial charge is 0.237 e. The quantitative estimate of drug-likeness (QED) is 0.576. The lowest BCUT2D eigenvalue weighted by atomic mass is 10.1. The van der Waals surface area contributed by atoms with Gasteiger partial charge in [-0.3, -0.25) is 4.79 Å². The Labute approximate surface area is 164 Å². The molecule has 4 nitrogen and oxygen atoms in total. The average Bonchev–Trinajstić information content (AvgIpc) is 2.71. The molecule has 2 aromatic carbocycles. The first-order chi connectivity index (χ1) is 13.2. The SMILES string of the molecule is Cc1cccc(CCN(Cc2cnc(-c3ccccc3)nc2)C(=O)CCl)c1. The maximum Gasteiger partial charge on any atom is 0.237 e. The highest BCUT2D eigenvalue weighted by molar-refractivity contribution is 6.27. The number of rotatable bonds is 7. The molecule has 3 aromatic rings. The van der Waals surface area contributed by atoms with Gasteiger partial charge in [0.15, 0.2) is 5.82 Å². The third-order valence-corrected chi connectivity index (χ3v) is 4.56. The standard InChI is InChI=1S/C22H22ClN3O/c1-17-6-5-7-18(12-17)10-11-26(21(27)13-23)16-19-14-24-22(25-15-19)20-8-3-2-4-9-20/h2-9,12,14-15H,10-11,13,16H2,1H3. The first kappa shape index (κ1) is 19.1. The van der Waals surface area contributed by atoms with Crippen LogP contribution in [0, 0.1) is 6.92 Å². The zero-order valence-corrected chi connectivity index (χ0v) is 16.1. The van der Waals surface area contributed by atoms with Gasteiger partial charge in [-0.25, -0.2) is 9.97 Å².